The summed E-state index contributed by atoms with van der Waals surface area (Å²) in [5, 5.41) is 14.7. The summed E-state index contributed by atoms with van der Waals surface area (Å²) in [6, 6.07) is 2.07. The van der Waals surface area contributed by atoms with Crippen molar-refractivity contribution in [2.24, 2.45) is 5.92 Å². The number of nitrogens with one attached hydrogen (secondary N) is 2. The number of aryl methyl sites for hydroxylation is 2. The average molecular weight is 582 g/mol. The zero-order valence-electron chi connectivity index (χ0n) is 23.4. The van der Waals surface area contributed by atoms with E-state index in [-0.39, 0.29) is 23.6 Å². The maximum atomic E-state index is 15.2. The Bertz CT molecular complexity index is 1650. The predicted octanol–water partition coefficient (Wildman–Crippen LogP) is 4.91. The van der Waals surface area contributed by atoms with E-state index in [0.29, 0.717) is 22.3 Å². The molecule has 12 heteroatoms. The summed E-state index contributed by atoms with van der Waals surface area (Å²) in [6.07, 6.45) is 5.19. The molecule has 0 radical (unpaired) electrons. The van der Waals surface area contributed by atoms with Crippen molar-refractivity contribution in [2.45, 2.75) is 52.6 Å². The van der Waals surface area contributed by atoms with Crippen LogP contribution in [0.1, 0.15) is 59.9 Å². The Morgan fingerprint density at radius 1 is 1.00 bits per heavy atom. The number of hydrogen-bond acceptors (Lipinski definition) is 5. The van der Waals surface area contributed by atoms with Crippen LogP contribution in [0, 0.1) is 37.2 Å². The molecule has 0 fully saturated rings. The number of carbonyl (C=O) groups excluding carboxylic acids is 2. The van der Waals surface area contributed by atoms with Gasteiger partial charge in [0.15, 0.2) is 17.3 Å². The fourth-order valence-corrected chi connectivity index (χ4v) is 5.01. The molecule has 220 valence electrons. The third-order valence-electron chi connectivity index (χ3n) is 6.79. The van der Waals surface area contributed by atoms with Crippen LogP contribution in [0.3, 0.4) is 0 Å². The quantitative estimate of drug-likeness (QED) is 0.245. The SMILES string of the molecule is Cc1cc(F)cc(C)c1-c1cc(F)c(F)c([C@H](CC(=O)O)NC(=O)[C@H](CC(C)C)NC(=O)c2cnc3cnccn23)c1. The van der Waals surface area contributed by atoms with Gasteiger partial charge in [-0.05, 0) is 72.7 Å². The first-order chi connectivity index (χ1) is 19.8. The molecular formula is C30H30F3N5O4. The number of amides is 2. The molecule has 0 bridgehead atoms. The number of carbonyl (C=O) groups is 3. The number of hydrogen-bond donors (Lipinski definition) is 3. The van der Waals surface area contributed by atoms with Crippen molar-refractivity contribution in [2.75, 3.05) is 0 Å². The highest BCUT2D eigenvalue weighted by molar-refractivity contribution is 5.97. The van der Waals surface area contributed by atoms with Crippen molar-refractivity contribution in [1.82, 2.24) is 25.0 Å². The highest BCUT2D eigenvalue weighted by atomic mass is 19.2. The maximum absolute atomic E-state index is 15.2. The van der Waals surface area contributed by atoms with Crippen molar-refractivity contribution < 1.29 is 32.7 Å². The normalized spacial score (nSPS) is 12.8. The molecule has 0 aliphatic carbocycles. The largest absolute Gasteiger partial charge is 0.481 e. The lowest BCUT2D eigenvalue weighted by molar-refractivity contribution is -0.137. The second-order valence-electron chi connectivity index (χ2n) is 10.5. The number of aliphatic carboxylic acids is 1. The van der Waals surface area contributed by atoms with Gasteiger partial charge in [-0.15, -0.1) is 0 Å². The summed E-state index contributed by atoms with van der Waals surface area (Å²) in [7, 11) is 0. The molecule has 4 rings (SSSR count). The van der Waals surface area contributed by atoms with E-state index in [1.807, 2.05) is 13.8 Å². The number of halogens is 3. The molecule has 2 aromatic heterocycles. The molecule has 2 amide bonds. The van der Waals surface area contributed by atoms with E-state index < -0.39 is 59.3 Å². The van der Waals surface area contributed by atoms with Gasteiger partial charge in [0.2, 0.25) is 5.91 Å². The monoisotopic (exact) mass is 581 g/mol. The van der Waals surface area contributed by atoms with Gasteiger partial charge in [0.25, 0.3) is 5.91 Å². The molecule has 0 aliphatic heterocycles. The van der Waals surface area contributed by atoms with E-state index in [9.17, 15) is 28.3 Å². The van der Waals surface area contributed by atoms with Crippen molar-refractivity contribution in [3.63, 3.8) is 0 Å². The standard InChI is InChI=1S/C30H30F3N5O4/c1-15(2)7-23(37-30(42)24-13-35-25-14-34-5-6-38(24)25)29(41)36-22(12-26(39)40)20-10-18(11-21(32)28(20)33)27-16(3)8-19(31)9-17(27)4/h5-6,8-11,13-15,22-23H,7,12H2,1-4H3,(H,36,41)(H,37,42)(H,39,40)/t22-,23-/m0/s1. The van der Waals surface area contributed by atoms with Gasteiger partial charge in [-0.2, -0.15) is 0 Å². The molecule has 4 aromatic rings. The first kappa shape index (κ1) is 30.2. The van der Waals surface area contributed by atoms with Crippen molar-refractivity contribution >= 4 is 23.4 Å². The van der Waals surface area contributed by atoms with E-state index in [4.69, 9.17) is 0 Å². The van der Waals surface area contributed by atoms with Crippen molar-refractivity contribution in [3.05, 3.63) is 88.9 Å². The minimum atomic E-state index is -1.49. The third-order valence-corrected chi connectivity index (χ3v) is 6.79. The first-order valence-corrected chi connectivity index (χ1v) is 13.2. The van der Waals surface area contributed by atoms with Crippen LogP contribution >= 0.6 is 0 Å². The molecule has 42 heavy (non-hydrogen) atoms. The van der Waals surface area contributed by atoms with Crippen LogP contribution < -0.4 is 10.6 Å². The van der Waals surface area contributed by atoms with Crippen molar-refractivity contribution in [1.29, 1.82) is 0 Å². The third kappa shape index (κ3) is 6.59. The Hall–Kier alpha value is -4.74. The topological polar surface area (TPSA) is 126 Å². The molecule has 3 N–H and O–H groups in total. The zero-order valence-corrected chi connectivity index (χ0v) is 23.4. The van der Waals surface area contributed by atoms with Gasteiger partial charge in [0.1, 0.15) is 17.6 Å². The van der Waals surface area contributed by atoms with E-state index in [2.05, 4.69) is 20.6 Å². The van der Waals surface area contributed by atoms with Crippen LogP contribution in [0.2, 0.25) is 0 Å². The fraction of sp³-hybridized carbons (Fsp3) is 0.300. The van der Waals surface area contributed by atoms with Gasteiger partial charge in [-0.3, -0.25) is 23.8 Å². The Labute approximate surface area is 239 Å². The Kier molecular flexibility index (Phi) is 8.93. The van der Waals surface area contributed by atoms with Gasteiger partial charge in [-0.25, -0.2) is 18.2 Å². The second kappa shape index (κ2) is 12.4. The number of rotatable bonds is 10. The molecule has 2 heterocycles. The second-order valence-corrected chi connectivity index (χ2v) is 10.5. The van der Waals surface area contributed by atoms with Gasteiger partial charge in [0.05, 0.1) is 24.9 Å². The van der Waals surface area contributed by atoms with Crippen LogP contribution in [0.15, 0.2) is 49.1 Å². The minimum absolute atomic E-state index is 0.0766. The van der Waals surface area contributed by atoms with Gasteiger partial charge >= 0.3 is 5.97 Å². The summed E-state index contributed by atoms with van der Waals surface area (Å²) in [5.74, 6) is -5.93. The highest BCUT2D eigenvalue weighted by Gasteiger charge is 2.30. The Morgan fingerprint density at radius 2 is 1.69 bits per heavy atom. The number of carboxylic acids is 1. The maximum Gasteiger partial charge on any atom is 0.305 e. The molecular weight excluding hydrogens is 551 g/mol. The van der Waals surface area contributed by atoms with E-state index in [1.165, 1.54) is 47.4 Å². The van der Waals surface area contributed by atoms with E-state index in [1.54, 1.807) is 13.8 Å². The number of carboxylic acid groups (broad SMARTS) is 1. The van der Waals surface area contributed by atoms with Crippen LogP contribution in [0.25, 0.3) is 16.8 Å². The van der Waals surface area contributed by atoms with E-state index >= 15 is 4.39 Å². The summed E-state index contributed by atoms with van der Waals surface area (Å²) in [5.41, 5.74) is 1.73. The van der Waals surface area contributed by atoms with Gasteiger partial charge in [0, 0.05) is 18.0 Å². The van der Waals surface area contributed by atoms with Crippen molar-refractivity contribution in [3.8, 4) is 11.1 Å². The van der Waals surface area contributed by atoms with Gasteiger partial charge < -0.3 is 15.7 Å². The summed E-state index contributed by atoms with van der Waals surface area (Å²) in [6.45, 7) is 6.88. The molecule has 0 saturated heterocycles. The van der Waals surface area contributed by atoms with Crippen LogP contribution in [0.5, 0.6) is 0 Å². The molecule has 0 aliphatic rings. The highest BCUT2D eigenvalue weighted by Crippen LogP contribution is 2.33. The molecule has 0 saturated carbocycles. The van der Waals surface area contributed by atoms with E-state index in [0.717, 1.165) is 6.07 Å². The molecule has 0 spiro atoms. The zero-order chi connectivity index (χ0) is 30.7. The molecule has 9 nitrogen and oxygen atoms in total. The average Bonchev–Trinajstić information content (AvgIpc) is 3.33. The van der Waals surface area contributed by atoms with Crippen LogP contribution in [-0.2, 0) is 9.59 Å². The smallest absolute Gasteiger partial charge is 0.305 e. The lowest BCUT2D eigenvalue weighted by Gasteiger charge is -2.25. The van der Waals surface area contributed by atoms with Crippen LogP contribution in [0.4, 0.5) is 13.2 Å². The molecule has 2 atom stereocenters. The fourth-order valence-electron chi connectivity index (χ4n) is 5.01. The minimum Gasteiger partial charge on any atom is -0.481 e. The first-order valence-electron chi connectivity index (χ1n) is 13.2. The lowest BCUT2D eigenvalue weighted by Crippen LogP contribution is -2.48. The molecule has 2 aromatic carbocycles. The number of benzene rings is 2. The van der Waals surface area contributed by atoms with Crippen LogP contribution in [-0.4, -0.2) is 43.3 Å². The van der Waals surface area contributed by atoms with Gasteiger partial charge in [-0.1, -0.05) is 13.8 Å². The molecule has 0 unspecified atom stereocenters. The number of aromatic nitrogens is 3. The number of nitrogens with zero attached hydrogens (tertiary/aromatic N) is 3. The summed E-state index contributed by atoms with van der Waals surface area (Å²) in [4.78, 5) is 46.5. The summed E-state index contributed by atoms with van der Waals surface area (Å²) >= 11 is 0. The Morgan fingerprint density at radius 3 is 2.33 bits per heavy atom. The number of fused-ring (bicyclic) bond motifs is 1. The number of imidazole rings is 1. The lowest BCUT2D eigenvalue weighted by atomic mass is 9.91. The summed E-state index contributed by atoms with van der Waals surface area (Å²) < 4.78 is 45.5. The predicted molar refractivity (Wildman–Crippen MR) is 148 cm³/mol. The Balaban J connectivity index is 1.68.